The summed E-state index contributed by atoms with van der Waals surface area (Å²) >= 11 is 0. The lowest BCUT2D eigenvalue weighted by molar-refractivity contribution is 0.478. The summed E-state index contributed by atoms with van der Waals surface area (Å²) in [6, 6.07) is 7.62. The zero-order valence-corrected chi connectivity index (χ0v) is 16.5. The minimum Gasteiger partial charge on any atom is -0.368 e. The fourth-order valence-corrected chi connectivity index (χ4v) is 3.97. The fourth-order valence-electron chi connectivity index (χ4n) is 3.97. The average molecular weight is 389 g/mol. The zero-order chi connectivity index (χ0) is 20.0. The highest BCUT2D eigenvalue weighted by atomic mass is 16.1. The van der Waals surface area contributed by atoms with E-state index < -0.39 is 0 Å². The van der Waals surface area contributed by atoms with Crippen LogP contribution in [0.3, 0.4) is 0 Å². The number of pyridine rings is 1. The molecule has 1 aliphatic rings. The summed E-state index contributed by atoms with van der Waals surface area (Å²) < 4.78 is 3.57. The number of aromatic nitrogens is 5. The highest BCUT2D eigenvalue weighted by Gasteiger charge is 2.16. The van der Waals surface area contributed by atoms with Crippen LogP contribution >= 0.6 is 0 Å². The highest BCUT2D eigenvalue weighted by Crippen LogP contribution is 2.19. The quantitative estimate of drug-likeness (QED) is 0.558. The molecule has 1 saturated heterocycles. The Balaban J connectivity index is 1.59. The van der Waals surface area contributed by atoms with Crippen molar-refractivity contribution in [2.45, 2.75) is 32.7 Å². The minimum atomic E-state index is -0.122. The van der Waals surface area contributed by atoms with Gasteiger partial charge in [-0.2, -0.15) is 0 Å². The van der Waals surface area contributed by atoms with Crippen molar-refractivity contribution in [2.24, 2.45) is 0 Å². The van der Waals surface area contributed by atoms with E-state index >= 15 is 0 Å². The molecule has 0 saturated carbocycles. The first-order valence-electron chi connectivity index (χ1n) is 9.92. The number of rotatable bonds is 3. The molecule has 0 bridgehead atoms. The molecule has 29 heavy (non-hydrogen) atoms. The van der Waals surface area contributed by atoms with Crippen LogP contribution in [-0.2, 0) is 0 Å². The van der Waals surface area contributed by atoms with E-state index in [0.29, 0.717) is 23.1 Å². The third-order valence-corrected chi connectivity index (χ3v) is 5.36. The number of nitrogens with zero attached hydrogens (tertiary/aromatic N) is 5. The van der Waals surface area contributed by atoms with Gasteiger partial charge >= 0.3 is 0 Å². The van der Waals surface area contributed by atoms with Crippen LogP contribution in [0.1, 0.15) is 24.2 Å². The van der Waals surface area contributed by atoms with Gasteiger partial charge in [0.2, 0.25) is 0 Å². The monoisotopic (exact) mass is 389 g/mol. The van der Waals surface area contributed by atoms with E-state index in [1.807, 2.05) is 48.8 Å². The van der Waals surface area contributed by atoms with Crippen LogP contribution in [0, 0.1) is 13.8 Å². The lowest BCUT2D eigenvalue weighted by Gasteiger charge is -2.25. The Bertz CT molecular complexity index is 1270. The Labute approximate surface area is 167 Å². The summed E-state index contributed by atoms with van der Waals surface area (Å²) in [6.07, 6.45) is 5.88. The zero-order valence-electron chi connectivity index (χ0n) is 16.5. The normalized spacial score (nSPS) is 15.2. The smallest absolute Gasteiger partial charge is 0.260 e. The van der Waals surface area contributed by atoms with Gasteiger partial charge in [-0.1, -0.05) is 6.07 Å². The second-order valence-electron chi connectivity index (χ2n) is 7.58. The minimum absolute atomic E-state index is 0.122. The van der Waals surface area contributed by atoms with Gasteiger partial charge in [0.05, 0.1) is 17.1 Å². The van der Waals surface area contributed by atoms with Crippen LogP contribution in [0.2, 0.25) is 0 Å². The van der Waals surface area contributed by atoms with E-state index in [9.17, 15) is 4.79 Å². The van der Waals surface area contributed by atoms with E-state index in [-0.39, 0.29) is 5.56 Å². The van der Waals surface area contributed by atoms with Crippen molar-refractivity contribution in [1.82, 2.24) is 29.1 Å². The Morgan fingerprint density at radius 2 is 1.90 bits per heavy atom. The lowest BCUT2D eigenvalue weighted by Crippen LogP contribution is -2.36. The van der Waals surface area contributed by atoms with Gasteiger partial charge in [-0.05, 0) is 51.9 Å². The molecular formula is C21H23N7O. The average Bonchev–Trinajstić information content (AvgIpc) is 3.09. The molecule has 0 aromatic carbocycles. The number of hydrogen-bond donors (Lipinski definition) is 2. The number of fused-ring (bicyclic) bond motifs is 2. The molecule has 2 N–H and O–H groups in total. The van der Waals surface area contributed by atoms with Crippen molar-refractivity contribution in [2.75, 3.05) is 18.4 Å². The SMILES string of the molecule is Cc1cn2cc(-c3cc(=O)n4c(NC5CCNCC5)cccc4n3)nc(C)c2n1. The van der Waals surface area contributed by atoms with Gasteiger partial charge in [-0.3, -0.25) is 4.79 Å². The lowest BCUT2D eigenvalue weighted by atomic mass is 10.1. The van der Waals surface area contributed by atoms with Gasteiger partial charge < -0.3 is 15.0 Å². The fraction of sp³-hybridized carbons (Fsp3) is 0.333. The third-order valence-electron chi connectivity index (χ3n) is 5.36. The van der Waals surface area contributed by atoms with E-state index in [0.717, 1.165) is 48.8 Å². The molecule has 8 heteroatoms. The van der Waals surface area contributed by atoms with Crippen LogP contribution < -0.4 is 16.2 Å². The van der Waals surface area contributed by atoms with Gasteiger partial charge in [-0.25, -0.2) is 19.4 Å². The number of piperidine rings is 1. The van der Waals surface area contributed by atoms with E-state index in [4.69, 9.17) is 4.98 Å². The molecule has 8 nitrogen and oxygen atoms in total. The van der Waals surface area contributed by atoms with Crippen molar-refractivity contribution in [1.29, 1.82) is 0 Å². The van der Waals surface area contributed by atoms with Crippen LogP contribution in [0.25, 0.3) is 22.7 Å². The molecule has 5 rings (SSSR count). The molecule has 4 aromatic rings. The molecule has 4 aromatic heterocycles. The van der Waals surface area contributed by atoms with Crippen molar-refractivity contribution in [3.05, 3.63) is 58.4 Å². The second-order valence-corrected chi connectivity index (χ2v) is 7.58. The summed E-state index contributed by atoms with van der Waals surface area (Å²) in [7, 11) is 0. The molecule has 1 fully saturated rings. The predicted octanol–water partition coefficient (Wildman–Crippen LogP) is 2.18. The predicted molar refractivity (Wildman–Crippen MR) is 112 cm³/mol. The van der Waals surface area contributed by atoms with E-state index in [1.165, 1.54) is 0 Å². The largest absolute Gasteiger partial charge is 0.368 e. The topological polar surface area (TPSA) is 88.6 Å². The first-order chi connectivity index (χ1) is 14.1. The van der Waals surface area contributed by atoms with Gasteiger partial charge in [-0.15, -0.1) is 0 Å². The third kappa shape index (κ3) is 3.25. The Hall–Kier alpha value is -3.26. The van der Waals surface area contributed by atoms with Crippen molar-refractivity contribution in [3.8, 4) is 11.4 Å². The van der Waals surface area contributed by atoms with Crippen molar-refractivity contribution >= 4 is 17.1 Å². The van der Waals surface area contributed by atoms with E-state index in [1.54, 1.807) is 10.5 Å². The molecule has 0 amide bonds. The Kier molecular flexibility index (Phi) is 4.28. The first-order valence-corrected chi connectivity index (χ1v) is 9.92. The molecular weight excluding hydrogens is 366 g/mol. The highest BCUT2D eigenvalue weighted by molar-refractivity contribution is 5.61. The van der Waals surface area contributed by atoms with E-state index in [2.05, 4.69) is 20.6 Å². The number of hydrogen-bond acceptors (Lipinski definition) is 6. The molecule has 0 spiro atoms. The van der Waals surface area contributed by atoms with Crippen LogP contribution in [-0.4, -0.2) is 42.9 Å². The standard InChI is InChI=1S/C21H23N7O/c1-13-11-27-12-17(24-14(2)21(27)23-13)16-10-20(29)28-18(4-3-5-19(28)26-16)25-15-6-8-22-9-7-15/h3-5,10-12,15,22,25H,6-9H2,1-2H3. The van der Waals surface area contributed by atoms with Gasteiger partial charge in [0.15, 0.2) is 5.65 Å². The van der Waals surface area contributed by atoms with Crippen molar-refractivity contribution < 1.29 is 0 Å². The number of imidazole rings is 1. The maximum Gasteiger partial charge on any atom is 0.260 e. The van der Waals surface area contributed by atoms with Crippen LogP contribution in [0.15, 0.2) is 41.5 Å². The maximum absolute atomic E-state index is 13.0. The van der Waals surface area contributed by atoms with Crippen molar-refractivity contribution in [3.63, 3.8) is 0 Å². The number of nitrogens with one attached hydrogen (secondary N) is 2. The molecule has 148 valence electrons. The molecule has 0 atom stereocenters. The van der Waals surface area contributed by atoms with Crippen LogP contribution in [0.5, 0.6) is 0 Å². The van der Waals surface area contributed by atoms with Gasteiger partial charge in [0.25, 0.3) is 5.56 Å². The molecule has 0 unspecified atom stereocenters. The molecule has 0 aliphatic carbocycles. The Morgan fingerprint density at radius 3 is 2.72 bits per heavy atom. The van der Waals surface area contributed by atoms with Gasteiger partial charge in [0.1, 0.15) is 17.2 Å². The molecule has 1 aliphatic heterocycles. The second kappa shape index (κ2) is 6.97. The number of anilines is 1. The summed E-state index contributed by atoms with van der Waals surface area (Å²) in [5, 5.41) is 6.87. The molecule has 0 radical (unpaired) electrons. The summed E-state index contributed by atoms with van der Waals surface area (Å²) in [5.74, 6) is 0.781. The first kappa shape index (κ1) is 17.8. The summed E-state index contributed by atoms with van der Waals surface area (Å²) in [6.45, 7) is 5.84. The molecule has 5 heterocycles. The maximum atomic E-state index is 13.0. The summed E-state index contributed by atoms with van der Waals surface area (Å²) in [4.78, 5) is 26.9. The van der Waals surface area contributed by atoms with Crippen LogP contribution in [0.4, 0.5) is 5.82 Å². The summed E-state index contributed by atoms with van der Waals surface area (Å²) in [5.41, 5.74) is 4.24. The Morgan fingerprint density at radius 1 is 1.07 bits per heavy atom. The number of aryl methyl sites for hydroxylation is 2. The van der Waals surface area contributed by atoms with Gasteiger partial charge in [0, 0.05) is 24.5 Å².